The molecule has 0 bridgehead atoms. The van der Waals surface area contributed by atoms with Gasteiger partial charge >= 0.3 is 0 Å². The quantitative estimate of drug-likeness (QED) is 0.515. The monoisotopic (exact) mass is 147 g/mol. The number of benzene rings is 1. The van der Waals surface area contributed by atoms with E-state index >= 15 is 0 Å². The predicted octanol–water partition coefficient (Wildman–Crippen LogP) is 2.39. The van der Waals surface area contributed by atoms with Gasteiger partial charge in [0, 0.05) is 5.69 Å². The lowest BCUT2D eigenvalue weighted by Crippen LogP contribution is -1.87. The Kier molecular flexibility index (Phi) is 2.73. The molecule has 0 heterocycles. The number of rotatable bonds is 3. The zero-order chi connectivity index (χ0) is 8.10. The minimum Gasteiger partial charge on any atom is -0.399 e. The summed E-state index contributed by atoms with van der Waals surface area (Å²) >= 11 is 0. The van der Waals surface area contributed by atoms with Crippen LogP contribution in [-0.4, -0.2) is 0 Å². The van der Waals surface area contributed by atoms with Crippen molar-refractivity contribution >= 4 is 5.69 Å². The second kappa shape index (κ2) is 3.81. The van der Waals surface area contributed by atoms with Crippen molar-refractivity contribution in [1.29, 1.82) is 0 Å². The van der Waals surface area contributed by atoms with E-state index in [4.69, 9.17) is 5.73 Å². The molecule has 0 atom stereocenters. The summed E-state index contributed by atoms with van der Waals surface area (Å²) < 4.78 is 0. The van der Waals surface area contributed by atoms with Crippen molar-refractivity contribution in [2.45, 2.75) is 12.8 Å². The third-order valence-corrected chi connectivity index (χ3v) is 1.59. The first-order valence-electron chi connectivity index (χ1n) is 3.78. The molecule has 0 saturated heterocycles. The maximum atomic E-state index is 5.60. The molecule has 1 aromatic carbocycles. The molecule has 0 amide bonds. The molecule has 1 aromatic rings. The first-order valence-corrected chi connectivity index (χ1v) is 3.78. The van der Waals surface area contributed by atoms with Crippen molar-refractivity contribution < 1.29 is 0 Å². The van der Waals surface area contributed by atoms with Crippen LogP contribution < -0.4 is 5.73 Å². The van der Waals surface area contributed by atoms with Crippen molar-refractivity contribution in [2.24, 2.45) is 0 Å². The molecule has 0 unspecified atom stereocenters. The molecule has 1 heteroatoms. The van der Waals surface area contributed by atoms with E-state index in [1.807, 2.05) is 24.3 Å². The number of aryl methyl sites for hydroxylation is 1. The molecule has 0 aliphatic carbocycles. The van der Waals surface area contributed by atoms with Crippen LogP contribution in [0, 0.1) is 0 Å². The Bertz CT molecular complexity index is 240. The van der Waals surface area contributed by atoms with Crippen molar-refractivity contribution in [1.82, 2.24) is 0 Å². The fourth-order valence-electron chi connectivity index (χ4n) is 1.02. The van der Waals surface area contributed by atoms with Gasteiger partial charge in [-0.05, 0) is 30.5 Å². The summed E-state index contributed by atoms with van der Waals surface area (Å²) in [4.78, 5) is 0. The summed E-state index contributed by atoms with van der Waals surface area (Å²) in [6.45, 7) is 3.67. The fraction of sp³-hybridized carbons (Fsp3) is 0.200. The van der Waals surface area contributed by atoms with E-state index in [0.29, 0.717) is 0 Å². The highest BCUT2D eigenvalue weighted by Crippen LogP contribution is 2.08. The second-order valence-corrected chi connectivity index (χ2v) is 2.57. The summed E-state index contributed by atoms with van der Waals surface area (Å²) in [7, 11) is 0. The Labute approximate surface area is 67.5 Å². The van der Waals surface area contributed by atoms with Gasteiger partial charge < -0.3 is 5.73 Å². The molecule has 2 N–H and O–H groups in total. The molecule has 0 aliphatic rings. The Morgan fingerprint density at radius 2 is 2.27 bits per heavy atom. The fourth-order valence-corrected chi connectivity index (χ4v) is 1.02. The Balaban J connectivity index is 2.63. The summed E-state index contributed by atoms with van der Waals surface area (Å²) in [5.41, 5.74) is 7.73. The molecule has 11 heavy (non-hydrogen) atoms. The number of anilines is 1. The van der Waals surface area contributed by atoms with E-state index in [0.717, 1.165) is 18.5 Å². The minimum absolute atomic E-state index is 0.839. The van der Waals surface area contributed by atoms with Gasteiger partial charge in [0.1, 0.15) is 0 Å². The highest BCUT2D eigenvalue weighted by molar-refractivity contribution is 5.40. The highest BCUT2D eigenvalue weighted by atomic mass is 14.5. The highest BCUT2D eigenvalue weighted by Gasteiger charge is 1.90. The zero-order valence-electron chi connectivity index (χ0n) is 6.59. The number of hydrogen-bond donors (Lipinski definition) is 1. The van der Waals surface area contributed by atoms with Gasteiger partial charge in [-0.3, -0.25) is 0 Å². The molecule has 0 spiro atoms. The maximum Gasteiger partial charge on any atom is 0.0316 e. The van der Waals surface area contributed by atoms with E-state index in [-0.39, 0.29) is 0 Å². The Hall–Kier alpha value is -1.24. The normalized spacial score (nSPS) is 9.45. The largest absolute Gasteiger partial charge is 0.399 e. The van der Waals surface area contributed by atoms with Crippen LogP contribution in [0.2, 0.25) is 0 Å². The standard InChI is InChI=1S/C10H13N/c1-2-3-5-9-6-4-7-10(11)8-9/h2,4,6-8H,1,3,5,11H2. The van der Waals surface area contributed by atoms with Crippen LogP contribution in [0.3, 0.4) is 0 Å². The first kappa shape index (κ1) is 7.86. The van der Waals surface area contributed by atoms with Gasteiger partial charge in [-0.2, -0.15) is 0 Å². The van der Waals surface area contributed by atoms with E-state index in [2.05, 4.69) is 12.6 Å². The van der Waals surface area contributed by atoms with Crippen molar-refractivity contribution in [3.8, 4) is 0 Å². The maximum absolute atomic E-state index is 5.60. The molecule has 1 nitrogen and oxygen atoms in total. The van der Waals surface area contributed by atoms with Gasteiger partial charge in [-0.15, -0.1) is 6.58 Å². The lowest BCUT2D eigenvalue weighted by atomic mass is 10.1. The van der Waals surface area contributed by atoms with Gasteiger partial charge in [0.2, 0.25) is 0 Å². The lowest BCUT2D eigenvalue weighted by molar-refractivity contribution is 1.01. The first-order chi connectivity index (χ1) is 5.33. The number of nitrogens with two attached hydrogens (primary N) is 1. The third-order valence-electron chi connectivity index (χ3n) is 1.59. The predicted molar refractivity (Wildman–Crippen MR) is 49.4 cm³/mol. The molecule has 0 aliphatic heterocycles. The Morgan fingerprint density at radius 3 is 2.91 bits per heavy atom. The molecular formula is C10H13N. The molecule has 0 saturated carbocycles. The van der Waals surface area contributed by atoms with Crippen LogP contribution in [0.5, 0.6) is 0 Å². The SMILES string of the molecule is C=CCCc1cccc(N)c1. The smallest absolute Gasteiger partial charge is 0.0316 e. The van der Waals surface area contributed by atoms with Gasteiger partial charge in [0.25, 0.3) is 0 Å². The summed E-state index contributed by atoms with van der Waals surface area (Å²) in [6, 6.07) is 7.97. The summed E-state index contributed by atoms with van der Waals surface area (Å²) in [5.74, 6) is 0. The average molecular weight is 147 g/mol. The van der Waals surface area contributed by atoms with Crippen molar-refractivity contribution in [3.63, 3.8) is 0 Å². The van der Waals surface area contributed by atoms with Gasteiger partial charge in [-0.1, -0.05) is 18.2 Å². The topological polar surface area (TPSA) is 26.0 Å². The van der Waals surface area contributed by atoms with Gasteiger partial charge in [0.05, 0.1) is 0 Å². The van der Waals surface area contributed by atoms with Crippen LogP contribution in [-0.2, 0) is 6.42 Å². The minimum atomic E-state index is 0.839. The zero-order valence-corrected chi connectivity index (χ0v) is 6.59. The average Bonchev–Trinajstić information content (AvgIpc) is 2.01. The molecular weight excluding hydrogens is 134 g/mol. The number of hydrogen-bond acceptors (Lipinski definition) is 1. The molecule has 0 aromatic heterocycles. The van der Waals surface area contributed by atoms with Crippen molar-refractivity contribution in [2.75, 3.05) is 5.73 Å². The molecule has 1 rings (SSSR count). The van der Waals surface area contributed by atoms with Crippen LogP contribution >= 0.6 is 0 Å². The van der Waals surface area contributed by atoms with Gasteiger partial charge in [0.15, 0.2) is 0 Å². The molecule has 0 radical (unpaired) electrons. The number of allylic oxidation sites excluding steroid dienone is 1. The van der Waals surface area contributed by atoms with Crippen LogP contribution in [0.1, 0.15) is 12.0 Å². The summed E-state index contributed by atoms with van der Waals surface area (Å²) in [5, 5.41) is 0. The van der Waals surface area contributed by atoms with E-state index in [1.54, 1.807) is 0 Å². The molecule has 0 fully saturated rings. The van der Waals surface area contributed by atoms with E-state index in [9.17, 15) is 0 Å². The van der Waals surface area contributed by atoms with E-state index < -0.39 is 0 Å². The Morgan fingerprint density at radius 1 is 1.45 bits per heavy atom. The van der Waals surface area contributed by atoms with Gasteiger partial charge in [-0.25, -0.2) is 0 Å². The van der Waals surface area contributed by atoms with Crippen LogP contribution in [0.25, 0.3) is 0 Å². The number of nitrogen functional groups attached to an aromatic ring is 1. The van der Waals surface area contributed by atoms with Crippen molar-refractivity contribution in [3.05, 3.63) is 42.5 Å². The lowest BCUT2D eigenvalue weighted by Gasteiger charge is -1.98. The van der Waals surface area contributed by atoms with E-state index in [1.165, 1.54) is 5.56 Å². The van der Waals surface area contributed by atoms with Crippen LogP contribution in [0.15, 0.2) is 36.9 Å². The van der Waals surface area contributed by atoms with Crippen LogP contribution in [0.4, 0.5) is 5.69 Å². The molecule has 58 valence electrons. The summed E-state index contributed by atoms with van der Waals surface area (Å²) in [6.07, 6.45) is 3.97. The second-order valence-electron chi connectivity index (χ2n) is 2.57. The third kappa shape index (κ3) is 2.46.